The van der Waals surface area contributed by atoms with Gasteiger partial charge in [-0.2, -0.15) is 0 Å². The summed E-state index contributed by atoms with van der Waals surface area (Å²) in [6.45, 7) is 6.34. The Balaban J connectivity index is 1.69. The molecular weight excluding hydrogens is 292 g/mol. The Morgan fingerprint density at radius 1 is 1.30 bits per heavy atom. The van der Waals surface area contributed by atoms with Crippen molar-refractivity contribution in [1.82, 2.24) is 10.2 Å². The van der Waals surface area contributed by atoms with E-state index in [1.807, 2.05) is 43.0 Å². The Hall–Kier alpha value is -1.75. The number of likely N-dealkylation sites (tertiary alicyclic amines) is 1. The lowest BCUT2D eigenvalue weighted by atomic mass is 9.98. The Labute approximate surface area is 138 Å². The second kappa shape index (κ2) is 8.77. The van der Waals surface area contributed by atoms with Gasteiger partial charge >= 0.3 is 6.03 Å². The predicted molar refractivity (Wildman–Crippen MR) is 90.7 cm³/mol. The fourth-order valence-electron chi connectivity index (χ4n) is 2.75. The molecule has 0 saturated carbocycles. The van der Waals surface area contributed by atoms with Crippen LogP contribution in [0.2, 0.25) is 0 Å². The Kier molecular flexibility index (Phi) is 6.71. The minimum absolute atomic E-state index is 0.00107. The van der Waals surface area contributed by atoms with Crippen molar-refractivity contribution < 1.29 is 14.6 Å². The molecule has 1 saturated heterocycles. The number of rotatable bonds is 6. The quantitative estimate of drug-likeness (QED) is 0.846. The lowest BCUT2D eigenvalue weighted by molar-refractivity contribution is 0.137. The fourth-order valence-corrected chi connectivity index (χ4v) is 2.75. The van der Waals surface area contributed by atoms with E-state index in [4.69, 9.17) is 9.84 Å². The average molecular weight is 320 g/mol. The van der Waals surface area contributed by atoms with Gasteiger partial charge in [-0.15, -0.1) is 0 Å². The zero-order valence-electron chi connectivity index (χ0n) is 14.1. The van der Waals surface area contributed by atoms with Crippen molar-refractivity contribution in [3.8, 4) is 5.75 Å². The molecule has 0 unspecified atom stereocenters. The van der Waals surface area contributed by atoms with Gasteiger partial charge in [0.05, 0.1) is 6.10 Å². The van der Waals surface area contributed by atoms with Gasteiger partial charge in [0.2, 0.25) is 0 Å². The van der Waals surface area contributed by atoms with E-state index < -0.39 is 0 Å². The molecule has 0 aliphatic carbocycles. The molecule has 0 atom stereocenters. The number of carbonyl (C=O) groups is 1. The van der Waals surface area contributed by atoms with E-state index in [0.717, 1.165) is 38.1 Å². The fraction of sp³-hybridized carbons (Fsp3) is 0.611. The molecule has 128 valence electrons. The number of urea groups is 1. The number of nitrogens with one attached hydrogen (secondary N) is 1. The Bertz CT molecular complexity index is 480. The van der Waals surface area contributed by atoms with Crippen molar-refractivity contribution in [3.63, 3.8) is 0 Å². The molecular formula is C18H28N2O3. The van der Waals surface area contributed by atoms with Gasteiger partial charge < -0.3 is 20.1 Å². The van der Waals surface area contributed by atoms with E-state index in [9.17, 15) is 4.79 Å². The van der Waals surface area contributed by atoms with Crippen molar-refractivity contribution in [3.05, 3.63) is 29.8 Å². The minimum Gasteiger partial charge on any atom is -0.491 e. The van der Waals surface area contributed by atoms with Crippen LogP contribution in [0.4, 0.5) is 4.79 Å². The van der Waals surface area contributed by atoms with Crippen molar-refractivity contribution in [2.45, 2.75) is 39.2 Å². The van der Waals surface area contributed by atoms with Crippen LogP contribution in [-0.4, -0.2) is 48.4 Å². The highest BCUT2D eigenvalue weighted by Crippen LogP contribution is 2.16. The van der Waals surface area contributed by atoms with Gasteiger partial charge in [-0.25, -0.2) is 4.79 Å². The molecule has 1 aliphatic rings. The Morgan fingerprint density at radius 3 is 2.52 bits per heavy atom. The first kappa shape index (κ1) is 17.6. The first-order valence-electron chi connectivity index (χ1n) is 8.47. The normalized spacial score (nSPS) is 15.7. The van der Waals surface area contributed by atoms with Crippen LogP contribution in [0.15, 0.2) is 24.3 Å². The Morgan fingerprint density at radius 2 is 1.96 bits per heavy atom. The number of piperidine rings is 1. The number of aliphatic hydroxyl groups is 1. The summed E-state index contributed by atoms with van der Waals surface area (Å²) in [5.41, 5.74) is 1.18. The first-order chi connectivity index (χ1) is 11.1. The van der Waals surface area contributed by atoms with Crippen LogP contribution in [0.3, 0.4) is 0 Å². The molecule has 2 amide bonds. The summed E-state index contributed by atoms with van der Waals surface area (Å²) in [4.78, 5) is 13.9. The van der Waals surface area contributed by atoms with Crippen LogP contribution < -0.4 is 10.1 Å². The third-order valence-electron chi connectivity index (χ3n) is 4.14. The molecule has 1 aromatic rings. The standard InChI is InChI=1S/C18H28N2O3/c1-14(2)23-17-5-3-15(4-6-17)7-10-19-18(22)20-11-8-16(13-21)9-12-20/h3-6,14,16,21H,7-13H2,1-2H3,(H,19,22). The van der Waals surface area contributed by atoms with Crippen LogP contribution in [-0.2, 0) is 6.42 Å². The number of aliphatic hydroxyl groups excluding tert-OH is 1. The molecule has 23 heavy (non-hydrogen) atoms. The maximum absolute atomic E-state index is 12.1. The van der Waals surface area contributed by atoms with E-state index in [2.05, 4.69) is 5.32 Å². The van der Waals surface area contributed by atoms with E-state index in [1.165, 1.54) is 5.56 Å². The summed E-state index contributed by atoms with van der Waals surface area (Å²) in [5.74, 6) is 1.23. The third kappa shape index (κ3) is 5.75. The lowest BCUT2D eigenvalue weighted by Crippen LogP contribution is -2.45. The maximum atomic E-state index is 12.1. The number of hydrogen-bond acceptors (Lipinski definition) is 3. The highest BCUT2D eigenvalue weighted by atomic mass is 16.5. The van der Waals surface area contributed by atoms with Crippen molar-refractivity contribution in [2.75, 3.05) is 26.2 Å². The van der Waals surface area contributed by atoms with E-state index >= 15 is 0 Å². The van der Waals surface area contributed by atoms with Crippen molar-refractivity contribution in [1.29, 1.82) is 0 Å². The number of ether oxygens (including phenoxy) is 1. The average Bonchev–Trinajstić information content (AvgIpc) is 2.56. The van der Waals surface area contributed by atoms with E-state index in [1.54, 1.807) is 0 Å². The van der Waals surface area contributed by atoms with Gasteiger partial charge in [0, 0.05) is 26.2 Å². The summed E-state index contributed by atoms with van der Waals surface area (Å²) in [6.07, 6.45) is 2.76. The van der Waals surface area contributed by atoms with E-state index in [0.29, 0.717) is 12.5 Å². The first-order valence-corrected chi connectivity index (χ1v) is 8.47. The van der Waals surface area contributed by atoms with Gasteiger partial charge in [-0.05, 0) is 56.7 Å². The molecule has 5 nitrogen and oxygen atoms in total. The molecule has 1 fully saturated rings. The third-order valence-corrected chi connectivity index (χ3v) is 4.14. The number of hydrogen-bond donors (Lipinski definition) is 2. The number of benzene rings is 1. The van der Waals surface area contributed by atoms with Gasteiger partial charge in [0.1, 0.15) is 5.75 Å². The SMILES string of the molecule is CC(C)Oc1ccc(CCNC(=O)N2CCC(CO)CC2)cc1. The summed E-state index contributed by atoms with van der Waals surface area (Å²) in [6, 6.07) is 8.02. The van der Waals surface area contributed by atoms with Crippen LogP contribution in [0.5, 0.6) is 5.75 Å². The zero-order valence-corrected chi connectivity index (χ0v) is 14.1. The number of nitrogens with zero attached hydrogens (tertiary/aromatic N) is 1. The highest BCUT2D eigenvalue weighted by molar-refractivity contribution is 5.74. The largest absolute Gasteiger partial charge is 0.491 e. The molecule has 1 aromatic carbocycles. The zero-order chi connectivity index (χ0) is 16.7. The van der Waals surface area contributed by atoms with E-state index in [-0.39, 0.29) is 18.7 Å². The van der Waals surface area contributed by atoms with Crippen molar-refractivity contribution >= 4 is 6.03 Å². The second-order valence-corrected chi connectivity index (χ2v) is 6.41. The van der Waals surface area contributed by atoms with Gasteiger partial charge in [0.25, 0.3) is 0 Å². The molecule has 5 heteroatoms. The van der Waals surface area contributed by atoms with Crippen LogP contribution >= 0.6 is 0 Å². The molecule has 0 spiro atoms. The lowest BCUT2D eigenvalue weighted by Gasteiger charge is -2.31. The molecule has 1 heterocycles. The molecule has 0 radical (unpaired) electrons. The van der Waals surface area contributed by atoms with Gasteiger partial charge in [-0.1, -0.05) is 12.1 Å². The van der Waals surface area contributed by atoms with Crippen LogP contribution in [0, 0.1) is 5.92 Å². The predicted octanol–water partition coefficient (Wildman–Crippen LogP) is 2.43. The molecule has 2 rings (SSSR count). The maximum Gasteiger partial charge on any atom is 0.317 e. The molecule has 1 aliphatic heterocycles. The summed E-state index contributed by atoms with van der Waals surface area (Å²) in [5, 5.41) is 12.1. The summed E-state index contributed by atoms with van der Waals surface area (Å²) in [7, 11) is 0. The highest BCUT2D eigenvalue weighted by Gasteiger charge is 2.21. The smallest absolute Gasteiger partial charge is 0.317 e. The molecule has 0 bridgehead atoms. The van der Waals surface area contributed by atoms with Gasteiger partial charge in [-0.3, -0.25) is 0 Å². The second-order valence-electron chi connectivity index (χ2n) is 6.41. The molecule has 0 aromatic heterocycles. The summed E-state index contributed by atoms with van der Waals surface area (Å²) < 4.78 is 5.61. The van der Waals surface area contributed by atoms with Crippen LogP contribution in [0.25, 0.3) is 0 Å². The van der Waals surface area contributed by atoms with Crippen LogP contribution in [0.1, 0.15) is 32.3 Å². The minimum atomic E-state index is 0.00107. The number of amides is 2. The van der Waals surface area contributed by atoms with Gasteiger partial charge in [0.15, 0.2) is 0 Å². The summed E-state index contributed by atoms with van der Waals surface area (Å²) >= 11 is 0. The topological polar surface area (TPSA) is 61.8 Å². The monoisotopic (exact) mass is 320 g/mol. The molecule has 2 N–H and O–H groups in total. The number of carbonyl (C=O) groups excluding carboxylic acids is 1. The van der Waals surface area contributed by atoms with Crippen molar-refractivity contribution in [2.24, 2.45) is 5.92 Å².